The first kappa shape index (κ1) is 19.0. The van der Waals surface area contributed by atoms with Crippen molar-refractivity contribution in [3.63, 3.8) is 0 Å². The zero-order valence-corrected chi connectivity index (χ0v) is 15.9. The Labute approximate surface area is 159 Å². The van der Waals surface area contributed by atoms with Crippen LogP contribution in [0.25, 0.3) is 11.1 Å². The van der Waals surface area contributed by atoms with E-state index in [-0.39, 0.29) is 18.4 Å². The van der Waals surface area contributed by atoms with E-state index in [0.29, 0.717) is 6.42 Å². The molecule has 0 saturated carbocycles. The van der Waals surface area contributed by atoms with Crippen molar-refractivity contribution in [2.45, 2.75) is 32.2 Å². The van der Waals surface area contributed by atoms with Crippen molar-refractivity contribution < 1.29 is 19.1 Å². The summed E-state index contributed by atoms with van der Waals surface area (Å²) in [7, 11) is 1.31. The van der Waals surface area contributed by atoms with Crippen LogP contribution in [0.1, 0.15) is 37.3 Å². The quantitative estimate of drug-likeness (QED) is 0.780. The molecule has 0 saturated heterocycles. The molecule has 1 atom stereocenters. The molecule has 1 aliphatic carbocycles. The van der Waals surface area contributed by atoms with Crippen molar-refractivity contribution in [3.05, 3.63) is 59.7 Å². The van der Waals surface area contributed by atoms with Crippen LogP contribution in [0.15, 0.2) is 48.5 Å². The molecule has 3 rings (SSSR count). The van der Waals surface area contributed by atoms with E-state index in [1.165, 1.54) is 18.2 Å². The van der Waals surface area contributed by atoms with Crippen molar-refractivity contribution in [3.8, 4) is 11.1 Å². The van der Waals surface area contributed by atoms with Gasteiger partial charge in [0.05, 0.1) is 7.11 Å². The third kappa shape index (κ3) is 4.13. The molecule has 1 amide bonds. The molecule has 1 aliphatic rings. The summed E-state index contributed by atoms with van der Waals surface area (Å²) in [4.78, 5) is 24.2. The van der Waals surface area contributed by atoms with Gasteiger partial charge in [-0.05, 0) is 34.6 Å². The second kappa shape index (κ2) is 8.25. The van der Waals surface area contributed by atoms with E-state index >= 15 is 0 Å². The third-order valence-electron chi connectivity index (χ3n) is 4.83. The highest BCUT2D eigenvalue weighted by molar-refractivity contribution is 5.82. The molecule has 2 aromatic rings. The summed E-state index contributed by atoms with van der Waals surface area (Å²) >= 11 is 0. The highest BCUT2D eigenvalue weighted by Gasteiger charge is 2.30. The van der Waals surface area contributed by atoms with Crippen molar-refractivity contribution >= 4 is 12.1 Å². The molecule has 0 radical (unpaired) electrons. The van der Waals surface area contributed by atoms with Crippen LogP contribution in [0.2, 0.25) is 0 Å². The van der Waals surface area contributed by atoms with Crippen LogP contribution < -0.4 is 5.32 Å². The first-order valence-corrected chi connectivity index (χ1v) is 9.20. The SMILES string of the molecule is COC(=O)[C@@H](CC(C)C)NC(=O)OCC1c2ccccc2-c2ccccc21. The van der Waals surface area contributed by atoms with E-state index in [4.69, 9.17) is 9.47 Å². The summed E-state index contributed by atoms with van der Waals surface area (Å²) in [6.45, 7) is 4.18. The highest BCUT2D eigenvalue weighted by Crippen LogP contribution is 2.44. The summed E-state index contributed by atoms with van der Waals surface area (Å²) in [6.07, 6.45) is -0.107. The van der Waals surface area contributed by atoms with Gasteiger partial charge in [-0.3, -0.25) is 0 Å². The van der Waals surface area contributed by atoms with E-state index in [1.807, 2.05) is 38.1 Å². The smallest absolute Gasteiger partial charge is 0.407 e. The predicted octanol–water partition coefficient (Wildman–Crippen LogP) is 4.11. The van der Waals surface area contributed by atoms with E-state index in [0.717, 1.165) is 11.1 Å². The molecule has 5 nitrogen and oxygen atoms in total. The molecule has 0 spiro atoms. The maximum atomic E-state index is 12.3. The van der Waals surface area contributed by atoms with Crippen LogP contribution in [0.5, 0.6) is 0 Å². The van der Waals surface area contributed by atoms with Crippen molar-refractivity contribution in [1.82, 2.24) is 5.32 Å². The van der Waals surface area contributed by atoms with Gasteiger partial charge in [-0.25, -0.2) is 9.59 Å². The van der Waals surface area contributed by atoms with Crippen LogP contribution in [0.3, 0.4) is 0 Å². The summed E-state index contributed by atoms with van der Waals surface area (Å²) < 4.78 is 10.3. The van der Waals surface area contributed by atoms with Gasteiger partial charge in [-0.15, -0.1) is 0 Å². The zero-order valence-electron chi connectivity index (χ0n) is 15.9. The number of fused-ring (bicyclic) bond motifs is 3. The molecule has 1 N–H and O–H groups in total. The molecule has 27 heavy (non-hydrogen) atoms. The van der Waals surface area contributed by atoms with Gasteiger partial charge in [-0.1, -0.05) is 62.4 Å². The van der Waals surface area contributed by atoms with Crippen LogP contribution in [0, 0.1) is 5.92 Å². The monoisotopic (exact) mass is 367 g/mol. The third-order valence-corrected chi connectivity index (χ3v) is 4.83. The van der Waals surface area contributed by atoms with Gasteiger partial charge in [0.2, 0.25) is 0 Å². The first-order valence-electron chi connectivity index (χ1n) is 9.20. The van der Waals surface area contributed by atoms with Gasteiger partial charge in [0.15, 0.2) is 0 Å². The molecule has 0 fully saturated rings. The number of rotatable bonds is 6. The average Bonchev–Trinajstić information content (AvgIpc) is 2.99. The van der Waals surface area contributed by atoms with Crippen molar-refractivity contribution in [2.24, 2.45) is 5.92 Å². The number of carbonyl (C=O) groups is 2. The summed E-state index contributed by atoms with van der Waals surface area (Å²) in [6, 6.07) is 15.6. The highest BCUT2D eigenvalue weighted by atomic mass is 16.6. The molecular formula is C22H25NO4. The first-order chi connectivity index (χ1) is 13.0. The maximum absolute atomic E-state index is 12.3. The minimum absolute atomic E-state index is 0.00942. The Bertz CT molecular complexity index is 785. The largest absolute Gasteiger partial charge is 0.467 e. The minimum atomic E-state index is -0.703. The molecule has 0 aromatic heterocycles. The fourth-order valence-electron chi connectivity index (χ4n) is 3.61. The van der Waals surface area contributed by atoms with E-state index in [9.17, 15) is 9.59 Å². The van der Waals surface area contributed by atoms with Gasteiger partial charge >= 0.3 is 12.1 Å². The maximum Gasteiger partial charge on any atom is 0.407 e. The Balaban J connectivity index is 1.69. The van der Waals surface area contributed by atoms with Crippen LogP contribution in [0.4, 0.5) is 4.79 Å². The lowest BCUT2D eigenvalue weighted by atomic mass is 9.98. The van der Waals surface area contributed by atoms with Crippen LogP contribution in [-0.4, -0.2) is 31.8 Å². The summed E-state index contributed by atoms with van der Waals surface area (Å²) in [5.41, 5.74) is 4.65. The summed E-state index contributed by atoms with van der Waals surface area (Å²) in [5.74, 6) is -0.231. The molecule has 2 aromatic carbocycles. The molecule has 0 unspecified atom stereocenters. The van der Waals surface area contributed by atoms with Crippen molar-refractivity contribution in [2.75, 3.05) is 13.7 Å². The van der Waals surface area contributed by atoms with Gasteiger partial charge in [0.1, 0.15) is 12.6 Å². The standard InChI is InChI=1S/C22H25NO4/c1-14(2)12-20(21(24)26-3)23-22(25)27-13-19-17-10-6-4-8-15(17)16-9-5-7-11-18(16)19/h4-11,14,19-20H,12-13H2,1-3H3,(H,23,25)/t20-/m1/s1. The number of nitrogens with one attached hydrogen (secondary N) is 1. The average molecular weight is 367 g/mol. The lowest BCUT2D eigenvalue weighted by Gasteiger charge is -2.19. The lowest BCUT2D eigenvalue weighted by molar-refractivity contribution is -0.143. The number of hydrogen-bond acceptors (Lipinski definition) is 4. The number of hydrogen-bond donors (Lipinski definition) is 1. The number of alkyl carbamates (subject to hydrolysis) is 1. The topological polar surface area (TPSA) is 64.6 Å². The van der Waals surface area contributed by atoms with E-state index in [1.54, 1.807) is 0 Å². The van der Waals surface area contributed by atoms with Gasteiger partial charge in [0, 0.05) is 5.92 Å². The Hall–Kier alpha value is -2.82. The Morgan fingerprint density at radius 2 is 1.56 bits per heavy atom. The Morgan fingerprint density at radius 3 is 2.07 bits per heavy atom. The Kier molecular flexibility index (Phi) is 5.79. The molecule has 0 bridgehead atoms. The fraction of sp³-hybridized carbons (Fsp3) is 0.364. The number of benzene rings is 2. The van der Waals surface area contributed by atoms with Crippen molar-refractivity contribution in [1.29, 1.82) is 0 Å². The van der Waals surface area contributed by atoms with E-state index in [2.05, 4.69) is 29.6 Å². The second-order valence-electron chi connectivity index (χ2n) is 7.18. The minimum Gasteiger partial charge on any atom is -0.467 e. The van der Waals surface area contributed by atoms with Crippen LogP contribution >= 0.6 is 0 Å². The number of carbonyl (C=O) groups excluding carboxylic acids is 2. The molecule has 0 heterocycles. The normalized spacial score (nSPS) is 13.6. The number of esters is 1. The van der Waals surface area contributed by atoms with Gasteiger partial charge < -0.3 is 14.8 Å². The zero-order chi connectivity index (χ0) is 19.4. The molecule has 0 aliphatic heterocycles. The van der Waals surface area contributed by atoms with E-state index < -0.39 is 18.1 Å². The predicted molar refractivity (Wildman–Crippen MR) is 103 cm³/mol. The number of ether oxygens (including phenoxy) is 2. The second-order valence-corrected chi connectivity index (χ2v) is 7.18. The molecule has 142 valence electrons. The lowest BCUT2D eigenvalue weighted by Crippen LogP contribution is -2.42. The fourth-order valence-corrected chi connectivity index (χ4v) is 3.61. The molecular weight excluding hydrogens is 342 g/mol. The molecule has 5 heteroatoms. The van der Waals surface area contributed by atoms with Crippen LogP contribution in [-0.2, 0) is 14.3 Å². The number of amides is 1. The summed E-state index contributed by atoms with van der Waals surface area (Å²) in [5, 5.41) is 2.64. The number of methoxy groups -OCH3 is 1. The Morgan fingerprint density at radius 1 is 1.00 bits per heavy atom. The van der Waals surface area contributed by atoms with Gasteiger partial charge in [-0.2, -0.15) is 0 Å². The van der Waals surface area contributed by atoms with Gasteiger partial charge in [0.25, 0.3) is 0 Å².